The predicted molar refractivity (Wildman–Crippen MR) is 120 cm³/mol. The van der Waals surface area contributed by atoms with Crippen LogP contribution < -0.4 is 10.2 Å². The minimum atomic E-state index is -0.562. The molecule has 5 nitrogen and oxygen atoms in total. The van der Waals surface area contributed by atoms with E-state index in [-0.39, 0.29) is 34.9 Å². The van der Waals surface area contributed by atoms with Crippen LogP contribution in [0, 0.1) is 30.6 Å². The van der Waals surface area contributed by atoms with E-state index in [2.05, 4.69) is 6.92 Å². The van der Waals surface area contributed by atoms with Crippen LogP contribution in [0.1, 0.15) is 64.2 Å². The lowest BCUT2D eigenvalue weighted by molar-refractivity contribution is -0.123. The number of ether oxygens (including phenoxy) is 2. The van der Waals surface area contributed by atoms with Crippen molar-refractivity contribution in [3.8, 4) is 5.95 Å². The molecular weight excluding hydrogens is 392 g/mol. The molecule has 0 bridgehead atoms. The smallest absolute Gasteiger partial charge is 0.295 e. The summed E-state index contributed by atoms with van der Waals surface area (Å²) in [7, 11) is 1.51. The first-order valence-corrected chi connectivity index (χ1v) is 11.3. The van der Waals surface area contributed by atoms with Gasteiger partial charge in [0.05, 0.1) is 12.5 Å². The Balaban J connectivity index is 1.92. The van der Waals surface area contributed by atoms with Crippen LogP contribution in [0.2, 0.25) is 0 Å². The molecule has 0 N–H and O–H groups in total. The molecule has 0 radical (unpaired) electrons. The molecule has 4 rings (SSSR count). The van der Waals surface area contributed by atoms with E-state index in [1.165, 1.54) is 7.11 Å². The van der Waals surface area contributed by atoms with Crippen molar-refractivity contribution in [3.05, 3.63) is 50.9 Å². The highest BCUT2D eigenvalue weighted by molar-refractivity contribution is 5.94. The average Bonchev–Trinajstić information content (AvgIpc) is 3.10. The fourth-order valence-electron chi connectivity index (χ4n) is 5.50. The van der Waals surface area contributed by atoms with Gasteiger partial charge in [0.2, 0.25) is 5.43 Å². The summed E-state index contributed by atoms with van der Waals surface area (Å²) in [6.45, 7) is 10.2. The van der Waals surface area contributed by atoms with Gasteiger partial charge in [-0.1, -0.05) is 32.9 Å². The van der Waals surface area contributed by atoms with Gasteiger partial charge in [-0.3, -0.25) is 9.59 Å². The van der Waals surface area contributed by atoms with Crippen molar-refractivity contribution < 1.29 is 18.7 Å². The number of fused-ring (bicyclic) bond motifs is 2. The fourth-order valence-corrected chi connectivity index (χ4v) is 5.50. The first-order chi connectivity index (χ1) is 14.7. The zero-order chi connectivity index (χ0) is 22.4. The van der Waals surface area contributed by atoms with Crippen molar-refractivity contribution in [2.45, 2.75) is 60.0 Å². The van der Waals surface area contributed by atoms with Crippen LogP contribution in [-0.4, -0.2) is 12.9 Å². The molecule has 1 aromatic carbocycles. The summed E-state index contributed by atoms with van der Waals surface area (Å²) < 4.78 is 18.0. The fraction of sp³-hybridized carbons (Fsp3) is 0.538. The molecule has 2 aliphatic rings. The number of carbonyl (C=O) groups is 1. The maximum atomic E-state index is 13.7. The standard InChI is InChI=1S/C26H32O5/c1-13(2)12-18(27)24-16(5)17-11-10-15(4)20(17)25(31-24)22-23(28)21-14(3)8-7-9-19(21)30-26(22)29-6/h7-9,13,15,17,20,25H,10-12H2,1-6H3. The molecule has 5 heteroatoms. The van der Waals surface area contributed by atoms with Crippen molar-refractivity contribution in [2.75, 3.05) is 7.11 Å². The van der Waals surface area contributed by atoms with Crippen molar-refractivity contribution >= 4 is 16.8 Å². The van der Waals surface area contributed by atoms with E-state index in [0.717, 1.165) is 24.0 Å². The molecule has 1 fully saturated rings. The molecule has 31 heavy (non-hydrogen) atoms. The van der Waals surface area contributed by atoms with Crippen molar-refractivity contribution in [3.63, 3.8) is 0 Å². The van der Waals surface area contributed by atoms with Crippen molar-refractivity contribution in [1.29, 1.82) is 0 Å². The summed E-state index contributed by atoms with van der Waals surface area (Å²) in [5.74, 6) is 1.55. The number of carbonyl (C=O) groups excluding carboxylic acids is 1. The number of aryl methyl sites for hydroxylation is 1. The van der Waals surface area contributed by atoms with Gasteiger partial charge in [-0.25, -0.2) is 0 Å². The number of methoxy groups -OCH3 is 1. The van der Waals surface area contributed by atoms with Gasteiger partial charge in [-0.05, 0) is 61.6 Å². The van der Waals surface area contributed by atoms with Gasteiger partial charge in [-0.2, -0.15) is 0 Å². The van der Waals surface area contributed by atoms with Gasteiger partial charge in [0.25, 0.3) is 5.95 Å². The van der Waals surface area contributed by atoms with Gasteiger partial charge in [0.1, 0.15) is 17.3 Å². The third kappa shape index (κ3) is 3.58. The SMILES string of the molecule is COc1oc2cccc(C)c2c(=O)c1C1OC(C(=O)CC(C)C)=C(C)C2CCC(C)C21. The summed E-state index contributed by atoms with van der Waals surface area (Å²) in [6, 6.07) is 5.54. The van der Waals surface area contributed by atoms with Crippen LogP contribution in [0.3, 0.4) is 0 Å². The lowest BCUT2D eigenvalue weighted by atomic mass is 9.76. The summed E-state index contributed by atoms with van der Waals surface area (Å²) in [5, 5.41) is 0.547. The summed E-state index contributed by atoms with van der Waals surface area (Å²) in [4.78, 5) is 26.8. The largest absolute Gasteiger partial charge is 0.481 e. The molecule has 4 atom stereocenters. The zero-order valence-corrected chi connectivity index (χ0v) is 19.3. The van der Waals surface area contributed by atoms with Gasteiger partial charge in [0.15, 0.2) is 11.5 Å². The maximum Gasteiger partial charge on any atom is 0.295 e. The summed E-state index contributed by atoms with van der Waals surface area (Å²) >= 11 is 0. The monoisotopic (exact) mass is 424 g/mol. The molecule has 166 valence electrons. The first-order valence-electron chi connectivity index (χ1n) is 11.3. The minimum Gasteiger partial charge on any atom is -0.481 e. The summed E-state index contributed by atoms with van der Waals surface area (Å²) in [6.07, 6.45) is 1.90. The molecule has 0 saturated heterocycles. The van der Waals surface area contributed by atoms with Crippen molar-refractivity contribution in [2.24, 2.45) is 23.7 Å². The van der Waals surface area contributed by atoms with Gasteiger partial charge >= 0.3 is 0 Å². The number of Topliss-reactive ketones (excluding diaryl/α,β-unsaturated/α-hetero) is 1. The topological polar surface area (TPSA) is 65.7 Å². The Morgan fingerprint density at radius 3 is 2.65 bits per heavy atom. The Bertz CT molecular complexity index is 1110. The number of hydrogen-bond acceptors (Lipinski definition) is 5. The second kappa shape index (κ2) is 8.18. The van der Waals surface area contributed by atoms with Crippen LogP contribution in [0.15, 0.2) is 38.7 Å². The lowest BCUT2D eigenvalue weighted by Crippen LogP contribution is -2.35. The number of ketones is 1. The number of benzene rings is 1. The van der Waals surface area contributed by atoms with Crippen LogP contribution in [-0.2, 0) is 9.53 Å². The van der Waals surface area contributed by atoms with Crippen LogP contribution in [0.5, 0.6) is 5.95 Å². The van der Waals surface area contributed by atoms with Gasteiger partial charge in [0, 0.05) is 12.3 Å². The highest BCUT2D eigenvalue weighted by Gasteiger charge is 2.49. The quantitative estimate of drug-likeness (QED) is 0.613. The van der Waals surface area contributed by atoms with Crippen LogP contribution in [0.25, 0.3) is 11.0 Å². The number of allylic oxidation sites excluding steroid dienone is 2. The molecular formula is C26H32O5. The molecule has 0 spiro atoms. The molecule has 4 unspecified atom stereocenters. The van der Waals surface area contributed by atoms with E-state index in [1.54, 1.807) is 6.07 Å². The second-order valence-corrected chi connectivity index (χ2v) is 9.59. The van der Waals surface area contributed by atoms with Gasteiger partial charge in [-0.15, -0.1) is 0 Å². The molecule has 1 aliphatic heterocycles. The minimum absolute atomic E-state index is 0.0100. The molecule has 0 amide bonds. The predicted octanol–water partition coefficient (Wildman–Crippen LogP) is 5.73. The number of rotatable bonds is 5. The van der Waals surface area contributed by atoms with Crippen LogP contribution >= 0.6 is 0 Å². The Morgan fingerprint density at radius 2 is 1.97 bits per heavy atom. The molecule has 1 saturated carbocycles. The Kier molecular flexibility index (Phi) is 5.71. The Hall–Kier alpha value is -2.56. The highest BCUT2D eigenvalue weighted by atomic mass is 16.6. The molecule has 2 heterocycles. The third-order valence-electron chi connectivity index (χ3n) is 7.01. The molecule has 1 aromatic heterocycles. The second-order valence-electron chi connectivity index (χ2n) is 9.59. The zero-order valence-electron chi connectivity index (χ0n) is 19.3. The molecule has 1 aliphatic carbocycles. The third-order valence-corrected chi connectivity index (χ3v) is 7.01. The Labute approximate surface area is 183 Å². The number of hydrogen-bond donors (Lipinski definition) is 0. The first kappa shape index (κ1) is 21.7. The van der Waals surface area contributed by atoms with Gasteiger partial charge < -0.3 is 13.9 Å². The highest BCUT2D eigenvalue weighted by Crippen LogP contribution is 2.54. The lowest BCUT2D eigenvalue weighted by Gasteiger charge is -2.38. The normalized spacial score (nSPS) is 25.6. The van der Waals surface area contributed by atoms with Crippen LogP contribution in [0.4, 0.5) is 0 Å². The van der Waals surface area contributed by atoms with E-state index in [9.17, 15) is 9.59 Å². The van der Waals surface area contributed by atoms with E-state index < -0.39 is 6.10 Å². The van der Waals surface area contributed by atoms with E-state index >= 15 is 0 Å². The Morgan fingerprint density at radius 1 is 1.23 bits per heavy atom. The van der Waals surface area contributed by atoms with E-state index in [4.69, 9.17) is 13.9 Å². The van der Waals surface area contributed by atoms with E-state index in [1.807, 2.05) is 39.8 Å². The van der Waals surface area contributed by atoms with E-state index in [0.29, 0.717) is 34.6 Å². The van der Waals surface area contributed by atoms with Crippen molar-refractivity contribution in [1.82, 2.24) is 0 Å². The maximum absolute atomic E-state index is 13.7. The summed E-state index contributed by atoms with van der Waals surface area (Å²) in [5.41, 5.74) is 2.64. The molecule has 2 aromatic rings. The average molecular weight is 425 g/mol.